The van der Waals surface area contributed by atoms with Crippen molar-refractivity contribution >= 4 is 34.2 Å². The number of H-pyrrole nitrogens is 1. The number of carbonyl (C=O) groups is 1. The number of benzene rings is 1. The number of fused-ring (bicyclic) bond motifs is 1. The van der Waals surface area contributed by atoms with Crippen molar-refractivity contribution in [3.63, 3.8) is 0 Å². The first kappa shape index (κ1) is 16.4. The predicted molar refractivity (Wildman–Crippen MR) is 90.7 cm³/mol. The van der Waals surface area contributed by atoms with Crippen molar-refractivity contribution in [1.82, 2.24) is 10.0 Å². The molecule has 0 saturated carbocycles. The molecule has 8 heteroatoms. The topological polar surface area (TPSA) is 90.7 Å². The number of urea groups is 1. The first-order valence-corrected chi connectivity index (χ1v) is 7.50. The lowest BCUT2D eigenvalue weighted by Crippen LogP contribution is -2.30. The molecule has 3 aromatic rings. The van der Waals surface area contributed by atoms with E-state index in [1.807, 2.05) is 0 Å². The number of aliphatic hydroxyl groups is 1. The van der Waals surface area contributed by atoms with Crippen LogP contribution in [0.3, 0.4) is 0 Å². The number of halogens is 1. The van der Waals surface area contributed by atoms with Gasteiger partial charge in [0.05, 0.1) is 25.7 Å². The van der Waals surface area contributed by atoms with Gasteiger partial charge >= 0.3 is 6.03 Å². The Kier molecular flexibility index (Phi) is 4.48. The van der Waals surface area contributed by atoms with Gasteiger partial charge in [-0.15, -0.1) is 0 Å². The van der Waals surface area contributed by atoms with Gasteiger partial charge in [0.15, 0.2) is 5.76 Å². The van der Waals surface area contributed by atoms with E-state index in [2.05, 4.69) is 10.3 Å². The molecule has 0 radical (unpaired) electrons. The number of nitrogens with zero attached hydrogens (tertiary/aromatic N) is 1. The zero-order valence-corrected chi connectivity index (χ0v) is 13.8. The molecule has 3 rings (SSSR count). The lowest BCUT2D eigenvalue weighted by Gasteiger charge is -2.15. The third-order valence-corrected chi connectivity index (χ3v) is 3.93. The Morgan fingerprint density at radius 1 is 1.46 bits per heavy atom. The highest BCUT2D eigenvalue weighted by Gasteiger charge is 2.21. The van der Waals surface area contributed by atoms with Gasteiger partial charge in [0, 0.05) is 28.5 Å². The van der Waals surface area contributed by atoms with Crippen LogP contribution in [0.1, 0.15) is 5.56 Å². The van der Waals surface area contributed by atoms with E-state index in [1.165, 1.54) is 20.4 Å². The van der Waals surface area contributed by atoms with Crippen molar-refractivity contribution in [2.45, 2.75) is 6.61 Å². The SMILES string of the molecule is CON(C)C(=O)Nc1c(-c2occc2CO)[nH]c2cc(Cl)ccc12. The Hall–Kier alpha value is -2.48. The zero-order valence-electron chi connectivity index (χ0n) is 13.1. The Morgan fingerprint density at radius 2 is 2.25 bits per heavy atom. The van der Waals surface area contributed by atoms with Crippen LogP contribution in [0.2, 0.25) is 5.02 Å². The number of nitrogens with one attached hydrogen (secondary N) is 2. The molecular formula is C16H16ClN3O4. The summed E-state index contributed by atoms with van der Waals surface area (Å²) in [5.74, 6) is 0.445. The predicted octanol–water partition coefficient (Wildman–Crippen LogP) is 3.60. The lowest BCUT2D eigenvalue weighted by molar-refractivity contribution is -0.0597. The molecule has 2 aromatic heterocycles. The lowest BCUT2D eigenvalue weighted by atomic mass is 10.1. The number of furan rings is 1. The van der Waals surface area contributed by atoms with E-state index in [0.717, 1.165) is 16.0 Å². The van der Waals surface area contributed by atoms with Crippen LogP contribution in [0.4, 0.5) is 10.5 Å². The maximum Gasteiger partial charge on any atom is 0.345 e. The van der Waals surface area contributed by atoms with Crippen molar-refractivity contribution < 1.29 is 19.2 Å². The van der Waals surface area contributed by atoms with Crippen molar-refractivity contribution in [3.05, 3.63) is 41.1 Å². The molecule has 0 fully saturated rings. The Morgan fingerprint density at radius 3 is 2.96 bits per heavy atom. The van der Waals surface area contributed by atoms with Crippen LogP contribution in [0, 0.1) is 0 Å². The van der Waals surface area contributed by atoms with Crippen LogP contribution < -0.4 is 5.32 Å². The number of hydrogen-bond acceptors (Lipinski definition) is 4. The van der Waals surface area contributed by atoms with E-state index in [4.69, 9.17) is 20.9 Å². The summed E-state index contributed by atoms with van der Waals surface area (Å²) in [7, 11) is 2.89. The molecular weight excluding hydrogens is 334 g/mol. The summed E-state index contributed by atoms with van der Waals surface area (Å²) in [6.07, 6.45) is 1.48. The number of hydroxylamine groups is 2. The second-order valence-electron chi connectivity index (χ2n) is 5.11. The fourth-order valence-electron chi connectivity index (χ4n) is 2.42. The van der Waals surface area contributed by atoms with E-state index in [-0.39, 0.29) is 6.61 Å². The monoisotopic (exact) mass is 349 g/mol. The number of carbonyl (C=O) groups excluding carboxylic acids is 1. The number of aliphatic hydroxyl groups excluding tert-OH is 1. The van der Waals surface area contributed by atoms with Crippen LogP contribution in [-0.4, -0.2) is 35.3 Å². The van der Waals surface area contributed by atoms with E-state index in [0.29, 0.717) is 27.7 Å². The zero-order chi connectivity index (χ0) is 17.3. The molecule has 0 unspecified atom stereocenters. The second-order valence-corrected chi connectivity index (χ2v) is 5.54. The Bertz CT molecular complexity index is 887. The molecule has 2 amide bonds. The van der Waals surface area contributed by atoms with Gasteiger partial charge in [0.25, 0.3) is 0 Å². The molecule has 126 valence electrons. The fourth-order valence-corrected chi connectivity index (χ4v) is 2.59. The van der Waals surface area contributed by atoms with Crippen LogP contribution >= 0.6 is 11.6 Å². The van der Waals surface area contributed by atoms with Crippen LogP contribution in [0.25, 0.3) is 22.4 Å². The molecule has 0 aliphatic carbocycles. The minimum atomic E-state index is -0.452. The van der Waals surface area contributed by atoms with Gasteiger partial charge in [-0.25, -0.2) is 9.86 Å². The molecule has 7 nitrogen and oxygen atoms in total. The van der Waals surface area contributed by atoms with Gasteiger partial charge in [0.2, 0.25) is 0 Å². The van der Waals surface area contributed by atoms with Crippen LogP contribution in [0.5, 0.6) is 0 Å². The number of aromatic amines is 1. The van der Waals surface area contributed by atoms with Crippen LogP contribution in [-0.2, 0) is 11.4 Å². The molecule has 24 heavy (non-hydrogen) atoms. The van der Waals surface area contributed by atoms with Crippen molar-refractivity contribution in [2.75, 3.05) is 19.5 Å². The largest absolute Gasteiger partial charge is 0.462 e. The minimum absolute atomic E-state index is 0.187. The number of hydrogen-bond donors (Lipinski definition) is 3. The quantitative estimate of drug-likeness (QED) is 0.628. The number of anilines is 1. The van der Waals surface area contributed by atoms with E-state index in [1.54, 1.807) is 24.3 Å². The third-order valence-electron chi connectivity index (χ3n) is 3.70. The van der Waals surface area contributed by atoms with Gasteiger partial charge in [-0.2, -0.15) is 0 Å². The summed E-state index contributed by atoms with van der Waals surface area (Å²) < 4.78 is 5.49. The first-order valence-electron chi connectivity index (χ1n) is 7.12. The van der Waals surface area contributed by atoms with Crippen LogP contribution in [0.15, 0.2) is 34.9 Å². The van der Waals surface area contributed by atoms with E-state index >= 15 is 0 Å². The summed E-state index contributed by atoms with van der Waals surface area (Å²) >= 11 is 6.04. The first-order chi connectivity index (χ1) is 11.5. The van der Waals surface area contributed by atoms with Gasteiger partial charge < -0.3 is 19.8 Å². The summed E-state index contributed by atoms with van der Waals surface area (Å²) in [6, 6.07) is 6.48. The fraction of sp³-hybridized carbons (Fsp3) is 0.188. The van der Waals surface area contributed by atoms with Gasteiger partial charge in [0.1, 0.15) is 5.69 Å². The highest BCUT2D eigenvalue weighted by atomic mass is 35.5. The van der Waals surface area contributed by atoms with Crippen molar-refractivity contribution in [3.8, 4) is 11.5 Å². The second kappa shape index (κ2) is 6.56. The summed E-state index contributed by atoms with van der Waals surface area (Å²) in [4.78, 5) is 20.3. The molecule has 0 aliphatic rings. The average molecular weight is 350 g/mol. The van der Waals surface area contributed by atoms with Crippen molar-refractivity contribution in [1.29, 1.82) is 0 Å². The minimum Gasteiger partial charge on any atom is -0.462 e. The third kappa shape index (κ3) is 2.84. The molecule has 0 bridgehead atoms. The molecule has 3 N–H and O–H groups in total. The van der Waals surface area contributed by atoms with Crippen molar-refractivity contribution in [2.24, 2.45) is 0 Å². The smallest absolute Gasteiger partial charge is 0.345 e. The van der Waals surface area contributed by atoms with Gasteiger partial charge in [-0.3, -0.25) is 4.84 Å². The standard InChI is InChI=1S/C16H16ClN3O4/c1-20(23-2)16(22)19-13-11-4-3-10(17)7-12(11)18-14(13)15-9(8-21)5-6-24-15/h3-7,18,21H,8H2,1-2H3,(H,19,22). The number of amides is 2. The molecule has 0 atom stereocenters. The summed E-state index contributed by atoms with van der Waals surface area (Å²) in [6.45, 7) is -0.187. The van der Waals surface area contributed by atoms with E-state index < -0.39 is 6.03 Å². The Labute approximate surface area is 142 Å². The van der Waals surface area contributed by atoms with Gasteiger partial charge in [-0.05, 0) is 24.3 Å². The number of aromatic nitrogens is 1. The maximum absolute atomic E-state index is 12.2. The average Bonchev–Trinajstić information content (AvgIpc) is 3.17. The summed E-state index contributed by atoms with van der Waals surface area (Å²) in [5, 5.41) is 14.6. The summed E-state index contributed by atoms with van der Waals surface area (Å²) in [5.41, 5.74) is 2.38. The molecule has 2 heterocycles. The Balaban J connectivity index is 2.17. The highest BCUT2D eigenvalue weighted by molar-refractivity contribution is 6.31. The molecule has 1 aromatic carbocycles. The highest BCUT2D eigenvalue weighted by Crippen LogP contribution is 2.38. The normalized spacial score (nSPS) is 11.0. The van der Waals surface area contributed by atoms with E-state index in [9.17, 15) is 9.90 Å². The molecule has 0 saturated heterocycles. The molecule has 0 spiro atoms. The number of rotatable bonds is 4. The molecule has 0 aliphatic heterocycles. The maximum atomic E-state index is 12.2. The van der Waals surface area contributed by atoms with Gasteiger partial charge in [-0.1, -0.05) is 11.6 Å².